The van der Waals surface area contributed by atoms with Crippen molar-refractivity contribution in [1.29, 1.82) is 0 Å². The molecule has 0 spiro atoms. The van der Waals surface area contributed by atoms with Crippen molar-refractivity contribution in [3.05, 3.63) is 16.3 Å². The molecule has 1 aromatic heterocycles. The molecule has 2 N–H and O–H groups in total. The summed E-state index contributed by atoms with van der Waals surface area (Å²) in [7, 11) is 0.545. The van der Waals surface area contributed by atoms with Gasteiger partial charge in [0.15, 0.2) is 0 Å². The van der Waals surface area contributed by atoms with E-state index in [4.69, 9.17) is 0 Å². The maximum absolute atomic E-state index is 11.7. The van der Waals surface area contributed by atoms with Crippen LogP contribution in [0.15, 0.2) is 11.4 Å². The number of anilines is 1. The van der Waals surface area contributed by atoms with Gasteiger partial charge >= 0.3 is 0 Å². The van der Waals surface area contributed by atoms with Gasteiger partial charge in [-0.25, -0.2) is 8.42 Å². The third-order valence-electron chi connectivity index (χ3n) is 1.97. The predicted octanol–water partition coefficient (Wildman–Crippen LogP) is 0.411. The van der Waals surface area contributed by atoms with Gasteiger partial charge in [0.1, 0.15) is 0 Å². The highest BCUT2D eigenvalue weighted by atomic mass is 32.2. The fraction of sp³-hybridized carbons (Fsp3) is 0.500. The monoisotopic (exact) mass is 291 g/mol. The molecule has 0 aliphatic heterocycles. The van der Waals surface area contributed by atoms with Gasteiger partial charge in [-0.3, -0.25) is 9.52 Å². The lowest BCUT2D eigenvalue weighted by atomic mass is 10.4. The van der Waals surface area contributed by atoms with Crippen LogP contribution in [0.2, 0.25) is 0 Å². The van der Waals surface area contributed by atoms with E-state index in [9.17, 15) is 13.2 Å². The minimum Gasteiger partial charge on any atom is -0.350 e. The van der Waals surface area contributed by atoms with E-state index in [1.807, 2.05) is 19.0 Å². The van der Waals surface area contributed by atoms with Crippen LogP contribution >= 0.6 is 11.3 Å². The van der Waals surface area contributed by atoms with Gasteiger partial charge in [-0.15, -0.1) is 11.3 Å². The van der Waals surface area contributed by atoms with Crippen molar-refractivity contribution in [1.82, 2.24) is 10.2 Å². The second kappa shape index (κ2) is 6.17. The lowest BCUT2D eigenvalue weighted by Gasteiger charge is -2.09. The molecule has 0 atom stereocenters. The molecule has 8 heteroatoms. The lowest BCUT2D eigenvalue weighted by Crippen LogP contribution is -2.30. The number of carbonyl (C=O) groups is 1. The molecule has 0 bridgehead atoms. The standard InChI is InChI=1S/C10H17N3O3S2/c1-13(2)5-4-11-10(14)9-6-8(7-17-9)12-18(3,15)16/h6-7,12H,4-5H2,1-3H3,(H,11,14). The van der Waals surface area contributed by atoms with Crippen LogP contribution in [0.1, 0.15) is 9.67 Å². The molecule has 1 aromatic rings. The molecular weight excluding hydrogens is 274 g/mol. The van der Waals surface area contributed by atoms with Gasteiger partial charge in [0.2, 0.25) is 10.0 Å². The smallest absolute Gasteiger partial charge is 0.261 e. The van der Waals surface area contributed by atoms with Crippen LogP contribution in [0.5, 0.6) is 0 Å². The zero-order valence-corrected chi connectivity index (χ0v) is 12.2. The summed E-state index contributed by atoms with van der Waals surface area (Å²) in [6.07, 6.45) is 1.07. The molecule has 0 saturated heterocycles. The first kappa shape index (κ1) is 14.9. The van der Waals surface area contributed by atoms with E-state index in [1.54, 1.807) is 5.38 Å². The maximum Gasteiger partial charge on any atom is 0.261 e. The third kappa shape index (κ3) is 5.48. The number of thiophene rings is 1. The zero-order chi connectivity index (χ0) is 13.8. The van der Waals surface area contributed by atoms with Crippen LogP contribution in [0, 0.1) is 0 Å². The van der Waals surface area contributed by atoms with Gasteiger partial charge in [0.05, 0.1) is 16.8 Å². The topological polar surface area (TPSA) is 78.5 Å². The molecule has 0 aliphatic carbocycles. The van der Waals surface area contributed by atoms with E-state index in [1.165, 1.54) is 17.4 Å². The van der Waals surface area contributed by atoms with Crippen molar-refractivity contribution in [2.45, 2.75) is 0 Å². The maximum atomic E-state index is 11.7. The van der Waals surface area contributed by atoms with Crippen LogP contribution in [-0.4, -0.2) is 52.7 Å². The number of sulfonamides is 1. The first-order valence-electron chi connectivity index (χ1n) is 5.27. The zero-order valence-electron chi connectivity index (χ0n) is 10.6. The number of carbonyl (C=O) groups excluding carboxylic acids is 1. The van der Waals surface area contributed by atoms with E-state index in [2.05, 4.69) is 10.0 Å². The molecule has 1 heterocycles. The van der Waals surface area contributed by atoms with Crippen LogP contribution in [0.25, 0.3) is 0 Å². The molecule has 6 nitrogen and oxygen atoms in total. The number of nitrogens with one attached hydrogen (secondary N) is 2. The highest BCUT2D eigenvalue weighted by Crippen LogP contribution is 2.19. The second-order valence-corrected chi connectivity index (χ2v) is 6.79. The number of rotatable bonds is 6. The SMILES string of the molecule is CN(C)CCNC(=O)c1cc(NS(C)(=O)=O)cs1. The number of likely N-dealkylation sites (N-methyl/N-ethyl adjacent to an activating group) is 1. The Morgan fingerprint density at radius 1 is 1.44 bits per heavy atom. The normalized spacial score (nSPS) is 11.6. The minimum atomic E-state index is -3.30. The summed E-state index contributed by atoms with van der Waals surface area (Å²) in [6.45, 7) is 1.31. The van der Waals surface area contributed by atoms with Gasteiger partial charge in [0, 0.05) is 18.5 Å². The Hall–Kier alpha value is -1.12. The molecule has 18 heavy (non-hydrogen) atoms. The molecule has 0 aliphatic rings. The van der Waals surface area contributed by atoms with Crippen molar-refractivity contribution >= 4 is 33.0 Å². The van der Waals surface area contributed by atoms with Gasteiger partial charge in [0.25, 0.3) is 5.91 Å². The van der Waals surface area contributed by atoms with Crippen LogP contribution in [0.4, 0.5) is 5.69 Å². The van der Waals surface area contributed by atoms with E-state index < -0.39 is 10.0 Å². The number of amides is 1. The molecule has 0 aromatic carbocycles. The quantitative estimate of drug-likeness (QED) is 0.796. The Bertz CT molecular complexity index is 508. The summed E-state index contributed by atoms with van der Waals surface area (Å²) in [5, 5.41) is 4.36. The summed E-state index contributed by atoms with van der Waals surface area (Å²) in [6, 6.07) is 1.52. The molecule has 1 amide bonds. The van der Waals surface area contributed by atoms with E-state index >= 15 is 0 Å². The molecule has 0 radical (unpaired) electrons. The van der Waals surface area contributed by atoms with Crippen molar-refractivity contribution in [2.75, 3.05) is 38.2 Å². The predicted molar refractivity (Wildman–Crippen MR) is 73.7 cm³/mol. The van der Waals surface area contributed by atoms with Crippen LogP contribution in [-0.2, 0) is 10.0 Å². The number of nitrogens with zero attached hydrogens (tertiary/aromatic N) is 1. The average molecular weight is 291 g/mol. The van der Waals surface area contributed by atoms with Crippen molar-refractivity contribution in [3.8, 4) is 0 Å². The lowest BCUT2D eigenvalue weighted by molar-refractivity contribution is 0.0955. The summed E-state index contributed by atoms with van der Waals surface area (Å²) in [4.78, 5) is 14.2. The fourth-order valence-corrected chi connectivity index (χ4v) is 2.58. The van der Waals surface area contributed by atoms with E-state index in [0.29, 0.717) is 17.1 Å². The van der Waals surface area contributed by atoms with Gasteiger partial charge in [-0.1, -0.05) is 0 Å². The van der Waals surface area contributed by atoms with Crippen molar-refractivity contribution < 1.29 is 13.2 Å². The molecule has 0 unspecified atom stereocenters. The molecule has 0 fully saturated rings. The van der Waals surface area contributed by atoms with Gasteiger partial charge in [-0.05, 0) is 20.2 Å². The fourth-order valence-electron chi connectivity index (χ4n) is 1.20. The highest BCUT2D eigenvalue weighted by Gasteiger charge is 2.10. The van der Waals surface area contributed by atoms with E-state index in [0.717, 1.165) is 12.8 Å². The molecule has 1 rings (SSSR count). The average Bonchev–Trinajstić information content (AvgIpc) is 2.62. The Labute approximate surface area is 111 Å². The Morgan fingerprint density at radius 3 is 2.67 bits per heavy atom. The summed E-state index contributed by atoms with van der Waals surface area (Å²) < 4.78 is 24.4. The number of hydrogen-bond donors (Lipinski definition) is 2. The first-order valence-corrected chi connectivity index (χ1v) is 8.04. The Balaban J connectivity index is 2.54. The summed E-state index contributed by atoms with van der Waals surface area (Å²) >= 11 is 1.20. The first-order chi connectivity index (χ1) is 8.28. The second-order valence-electron chi connectivity index (χ2n) is 4.13. The molecule has 102 valence electrons. The molecular formula is C10H17N3O3S2. The minimum absolute atomic E-state index is 0.191. The van der Waals surface area contributed by atoms with Crippen LogP contribution in [0.3, 0.4) is 0 Å². The number of hydrogen-bond acceptors (Lipinski definition) is 5. The van der Waals surface area contributed by atoms with Crippen molar-refractivity contribution in [2.24, 2.45) is 0 Å². The van der Waals surface area contributed by atoms with E-state index in [-0.39, 0.29) is 5.91 Å². The highest BCUT2D eigenvalue weighted by molar-refractivity contribution is 7.92. The molecule has 0 saturated carbocycles. The van der Waals surface area contributed by atoms with Gasteiger partial charge < -0.3 is 10.2 Å². The Morgan fingerprint density at radius 2 is 2.11 bits per heavy atom. The van der Waals surface area contributed by atoms with Crippen molar-refractivity contribution in [3.63, 3.8) is 0 Å². The summed E-state index contributed by atoms with van der Waals surface area (Å²) in [5.74, 6) is -0.191. The third-order valence-corrected chi connectivity index (χ3v) is 3.51. The summed E-state index contributed by atoms with van der Waals surface area (Å²) in [5.41, 5.74) is 0.417. The van der Waals surface area contributed by atoms with Crippen LogP contribution < -0.4 is 10.0 Å². The van der Waals surface area contributed by atoms with Gasteiger partial charge in [-0.2, -0.15) is 0 Å². The largest absolute Gasteiger partial charge is 0.350 e. The Kier molecular flexibility index (Phi) is 5.12.